The molecule has 0 unspecified atom stereocenters. The van der Waals surface area contributed by atoms with Crippen LogP contribution in [-0.2, 0) is 0 Å². The number of amidine groups is 1. The normalized spacial score (nSPS) is 11.7. The molecule has 5 nitrogen and oxygen atoms in total. The summed E-state index contributed by atoms with van der Waals surface area (Å²) in [6.45, 7) is 12.0. The van der Waals surface area contributed by atoms with Crippen LogP contribution in [0.25, 0.3) is 0 Å². The number of non-ortho nitro benzene ring substituents is 1. The van der Waals surface area contributed by atoms with E-state index < -0.39 is 4.92 Å². The van der Waals surface area contributed by atoms with E-state index in [-0.39, 0.29) is 5.69 Å². The van der Waals surface area contributed by atoms with Crippen molar-refractivity contribution in [1.29, 1.82) is 0 Å². The summed E-state index contributed by atoms with van der Waals surface area (Å²) in [6.07, 6.45) is 5.67. The van der Waals surface area contributed by atoms with Crippen LogP contribution in [0.2, 0.25) is 0 Å². The van der Waals surface area contributed by atoms with Gasteiger partial charge in [0, 0.05) is 25.2 Å². The molecule has 0 amide bonds. The molecule has 1 aromatic carbocycles. The summed E-state index contributed by atoms with van der Waals surface area (Å²) in [4.78, 5) is 17.1. The summed E-state index contributed by atoms with van der Waals surface area (Å²) in [5, 5.41) is 10.8. The van der Waals surface area contributed by atoms with E-state index >= 15 is 0 Å². The molecule has 1 rings (SSSR count). The number of terminal acetylenes is 1. The van der Waals surface area contributed by atoms with Gasteiger partial charge in [-0.05, 0) is 36.3 Å². The lowest BCUT2D eigenvalue weighted by atomic mass is 10.1. The van der Waals surface area contributed by atoms with Crippen LogP contribution in [0.4, 0.5) is 11.4 Å². The van der Waals surface area contributed by atoms with Crippen LogP contribution in [0.5, 0.6) is 0 Å². The van der Waals surface area contributed by atoms with E-state index in [0.29, 0.717) is 23.4 Å². The van der Waals surface area contributed by atoms with Crippen molar-refractivity contribution in [2.75, 3.05) is 13.1 Å². The van der Waals surface area contributed by atoms with Gasteiger partial charge in [-0.2, -0.15) is 0 Å². The number of nitro groups is 1. The number of aryl methyl sites for hydroxylation is 1. The first-order chi connectivity index (χ1) is 10.7. The maximum atomic E-state index is 10.8. The Morgan fingerprint density at radius 1 is 1.30 bits per heavy atom. The smallest absolute Gasteiger partial charge is 0.269 e. The second-order valence-electron chi connectivity index (χ2n) is 6.50. The van der Waals surface area contributed by atoms with Gasteiger partial charge in [0.15, 0.2) is 5.84 Å². The van der Waals surface area contributed by atoms with Crippen molar-refractivity contribution in [1.82, 2.24) is 4.90 Å². The number of nitro benzene ring substituents is 1. The summed E-state index contributed by atoms with van der Waals surface area (Å²) < 4.78 is 0. The van der Waals surface area contributed by atoms with Crippen LogP contribution < -0.4 is 0 Å². The van der Waals surface area contributed by atoms with Crippen LogP contribution in [0, 0.1) is 41.2 Å². The van der Waals surface area contributed by atoms with Gasteiger partial charge < -0.3 is 4.90 Å². The molecule has 0 spiro atoms. The van der Waals surface area contributed by atoms with Gasteiger partial charge in [-0.15, -0.1) is 6.42 Å². The summed E-state index contributed by atoms with van der Waals surface area (Å²) in [5.74, 6) is 4.17. The van der Waals surface area contributed by atoms with Crippen molar-refractivity contribution < 1.29 is 4.92 Å². The Labute approximate surface area is 138 Å². The Bertz CT molecular complexity index is 618. The lowest BCUT2D eigenvalue weighted by Gasteiger charge is -2.27. The minimum absolute atomic E-state index is 0.0601. The molecule has 0 bridgehead atoms. The zero-order chi connectivity index (χ0) is 17.6. The summed E-state index contributed by atoms with van der Waals surface area (Å²) in [5.41, 5.74) is 1.46. The predicted octanol–water partition coefficient (Wildman–Crippen LogP) is 4.18. The molecule has 0 N–H and O–H groups in total. The molecule has 0 atom stereocenters. The van der Waals surface area contributed by atoms with Gasteiger partial charge in [0.05, 0.1) is 10.6 Å². The van der Waals surface area contributed by atoms with Crippen molar-refractivity contribution in [2.45, 2.75) is 34.6 Å². The molecular weight excluding hydrogens is 290 g/mol. The van der Waals surface area contributed by atoms with Gasteiger partial charge in [0.25, 0.3) is 5.69 Å². The monoisotopic (exact) mass is 315 g/mol. The maximum absolute atomic E-state index is 10.8. The van der Waals surface area contributed by atoms with Gasteiger partial charge in [0.1, 0.15) is 0 Å². The lowest BCUT2D eigenvalue weighted by molar-refractivity contribution is -0.384. The van der Waals surface area contributed by atoms with Crippen LogP contribution in [-0.4, -0.2) is 28.7 Å². The van der Waals surface area contributed by atoms with E-state index in [9.17, 15) is 10.1 Å². The highest BCUT2D eigenvalue weighted by atomic mass is 16.6. The fourth-order valence-electron chi connectivity index (χ4n) is 2.32. The summed E-state index contributed by atoms with van der Waals surface area (Å²) in [6, 6.07) is 4.62. The van der Waals surface area contributed by atoms with Crippen molar-refractivity contribution >= 4 is 17.2 Å². The highest BCUT2D eigenvalue weighted by molar-refractivity contribution is 5.99. The Morgan fingerprint density at radius 3 is 2.26 bits per heavy atom. The third-order valence-corrected chi connectivity index (χ3v) is 3.22. The minimum atomic E-state index is -0.410. The number of rotatable bonds is 6. The SMILES string of the molecule is C#C/C(=N\c1ccc([N+](=O)[O-])cc1C)N(CC(C)C)CC(C)C. The Hall–Kier alpha value is -2.35. The fraction of sp³-hybridized carbons (Fsp3) is 0.500. The number of nitrogens with zero attached hydrogens (tertiary/aromatic N) is 3. The van der Waals surface area contributed by atoms with E-state index in [1.54, 1.807) is 13.0 Å². The lowest BCUT2D eigenvalue weighted by Crippen LogP contribution is -2.36. The second kappa shape index (κ2) is 8.33. The standard InChI is InChI=1S/C18H25N3O2/c1-7-18(20(11-13(2)3)12-14(4)5)19-17-9-8-16(21(22)23)10-15(17)6/h1,8-10,13-14H,11-12H2,2-6H3/b19-18+. The van der Waals surface area contributed by atoms with Crippen molar-refractivity contribution in [3.8, 4) is 12.3 Å². The molecule has 124 valence electrons. The van der Waals surface area contributed by atoms with E-state index in [1.807, 2.05) is 0 Å². The Kier molecular flexibility index (Phi) is 6.77. The average Bonchev–Trinajstić information content (AvgIpc) is 2.44. The third kappa shape index (κ3) is 5.74. The first kappa shape index (κ1) is 18.7. The van der Waals surface area contributed by atoms with Gasteiger partial charge >= 0.3 is 0 Å². The molecule has 0 aromatic heterocycles. The molecule has 0 fully saturated rings. The van der Waals surface area contributed by atoms with Crippen LogP contribution >= 0.6 is 0 Å². The van der Waals surface area contributed by atoms with Gasteiger partial charge in [-0.1, -0.05) is 27.7 Å². The van der Waals surface area contributed by atoms with Crippen LogP contribution in [0.15, 0.2) is 23.2 Å². The molecular formula is C18H25N3O2. The maximum Gasteiger partial charge on any atom is 0.269 e. The quantitative estimate of drug-likeness (QED) is 0.260. The van der Waals surface area contributed by atoms with E-state index in [4.69, 9.17) is 6.42 Å². The summed E-state index contributed by atoms with van der Waals surface area (Å²) in [7, 11) is 0. The van der Waals surface area contributed by atoms with E-state index in [0.717, 1.165) is 18.7 Å². The molecule has 0 aliphatic rings. The Balaban J connectivity index is 3.18. The zero-order valence-electron chi connectivity index (χ0n) is 14.5. The highest BCUT2D eigenvalue weighted by Gasteiger charge is 2.14. The number of hydrogen-bond acceptors (Lipinski definition) is 3. The van der Waals surface area contributed by atoms with Gasteiger partial charge in [-0.25, -0.2) is 4.99 Å². The molecule has 0 aliphatic heterocycles. The number of hydrogen-bond donors (Lipinski definition) is 0. The largest absolute Gasteiger partial charge is 0.349 e. The molecule has 1 aromatic rings. The molecule has 5 heteroatoms. The molecule has 0 heterocycles. The minimum Gasteiger partial charge on any atom is -0.349 e. The number of benzene rings is 1. The van der Waals surface area contributed by atoms with Crippen molar-refractivity contribution in [2.24, 2.45) is 16.8 Å². The molecule has 0 saturated heterocycles. The molecule has 23 heavy (non-hydrogen) atoms. The van der Waals surface area contributed by atoms with Crippen LogP contribution in [0.3, 0.4) is 0 Å². The zero-order valence-corrected chi connectivity index (χ0v) is 14.5. The fourth-order valence-corrected chi connectivity index (χ4v) is 2.32. The van der Waals surface area contributed by atoms with Crippen LogP contribution in [0.1, 0.15) is 33.3 Å². The van der Waals surface area contributed by atoms with E-state index in [1.165, 1.54) is 12.1 Å². The Morgan fingerprint density at radius 2 is 1.87 bits per heavy atom. The molecule has 0 aliphatic carbocycles. The molecule has 0 radical (unpaired) electrons. The average molecular weight is 315 g/mol. The van der Waals surface area contributed by atoms with Gasteiger partial charge in [-0.3, -0.25) is 10.1 Å². The topological polar surface area (TPSA) is 58.7 Å². The first-order valence-corrected chi connectivity index (χ1v) is 7.79. The van der Waals surface area contributed by atoms with Gasteiger partial charge in [0.2, 0.25) is 0 Å². The van der Waals surface area contributed by atoms with Crippen molar-refractivity contribution in [3.05, 3.63) is 33.9 Å². The second-order valence-corrected chi connectivity index (χ2v) is 6.50. The highest BCUT2D eigenvalue weighted by Crippen LogP contribution is 2.24. The molecule has 0 saturated carbocycles. The first-order valence-electron chi connectivity index (χ1n) is 7.79. The number of aliphatic imine (C=N–C) groups is 1. The third-order valence-electron chi connectivity index (χ3n) is 3.22. The predicted molar refractivity (Wildman–Crippen MR) is 95.0 cm³/mol. The van der Waals surface area contributed by atoms with E-state index in [2.05, 4.69) is 43.5 Å². The van der Waals surface area contributed by atoms with Crippen molar-refractivity contribution in [3.63, 3.8) is 0 Å². The summed E-state index contributed by atoms with van der Waals surface area (Å²) >= 11 is 0.